The maximum Gasteiger partial charge on any atom is 0.230 e. The van der Waals surface area contributed by atoms with Gasteiger partial charge in [0.05, 0.1) is 5.75 Å². The number of carbonyl (C=O) groups excluding carboxylic acids is 1. The molecular formula is C13H22N4OS. The molecule has 6 heteroatoms. The molecule has 0 spiro atoms. The Morgan fingerprint density at radius 1 is 1.47 bits per heavy atom. The molecule has 0 aliphatic heterocycles. The van der Waals surface area contributed by atoms with Crippen LogP contribution in [0.4, 0.5) is 0 Å². The Morgan fingerprint density at radius 2 is 2.16 bits per heavy atom. The molecule has 1 aromatic heterocycles. The van der Waals surface area contributed by atoms with Gasteiger partial charge in [-0.05, 0) is 19.8 Å². The SMILES string of the molecule is C=CCn1c(C)nnc1SCC(=O)NC(C)C(C)C. The van der Waals surface area contributed by atoms with Crippen molar-refractivity contribution >= 4 is 17.7 Å². The number of hydrogen-bond acceptors (Lipinski definition) is 4. The highest BCUT2D eigenvalue weighted by Crippen LogP contribution is 2.16. The van der Waals surface area contributed by atoms with Gasteiger partial charge in [-0.1, -0.05) is 31.7 Å². The standard InChI is InChI=1S/C13H22N4OS/c1-6-7-17-11(5)15-16-13(17)19-8-12(18)14-10(4)9(2)3/h6,9-10H,1,7-8H2,2-5H3,(H,14,18). The second-order valence-corrected chi connectivity index (χ2v) is 5.76. The Hall–Kier alpha value is -1.30. The van der Waals surface area contributed by atoms with E-state index in [0.29, 0.717) is 18.2 Å². The maximum atomic E-state index is 11.8. The summed E-state index contributed by atoms with van der Waals surface area (Å²) in [7, 11) is 0. The predicted molar refractivity (Wildman–Crippen MR) is 78.1 cm³/mol. The lowest BCUT2D eigenvalue weighted by atomic mass is 10.1. The summed E-state index contributed by atoms with van der Waals surface area (Å²) < 4.78 is 1.94. The van der Waals surface area contributed by atoms with Crippen LogP contribution in [0.2, 0.25) is 0 Å². The number of hydrogen-bond donors (Lipinski definition) is 1. The second kappa shape index (κ2) is 7.33. The van der Waals surface area contributed by atoms with E-state index in [1.165, 1.54) is 11.8 Å². The highest BCUT2D eigenvalue weighted by molar-refractivity contribution is 7.99. The van der Waals surface area contributed by atoms with Gasteiger partial charge in [-0.2, -0.15) is 0 Å². The van der Waals surface area contributed by atoms with Crippen LogP contribution in [-0.4, -0.2) is 32.5 Å². The molecule has 0 bridgehead atoms. The summed E-state index contributed by atoms with van der Waals surface area (Å²) in [6, 6.07) is 0.181. The molecule has 0 aliphatic rings. The number of amides is 1. The van der Waals surface area contributed by atoms with Gasteiger partial charge in [-0.15, -0.1) is 16.8 Å². The third-order valence-electron chi connectivity index (χ3n) is 2.93. The molecule has 0 saturated heterocycles. The highest BCUT2D eigenvalue weighted by atomic mass is 32.2. The molecule has 19 heavy (non-hydrogen) atoms. The Balaban J connectivity index is 2.52. The minimum absolute atomic E-state index is 0.0250. The van der Waals surface area contributed by atoms with Gasteiger partial charge < -0.3 is 9.88 Å². The minimum Gasteiger partial charge on any atom is -0.353 e. The highest BCUT2D eigenvalue weighted by Gasteiger charge is 2.13. The second-order valence-electron chi connectivity index (χ2n) is 4.82. The first kappa shape index (κ1) is 15.8. The molecule has 0 aromatic carbocycles. The van der Waals surface area contributed by atoms with Gasteiger partial charge in [0, 0.05) is 12.6 Å². The van der Waals surface area contributed by atoms with E-state index in [2.05, 4.69) is 35.9 Å². The zero-order valence-electron chi connectivity index (χ0n) is 12.0. The van der Waals surface area contributed by atoms with Gasteiger partial charge in [-0.25, -0.2) is 0 Å². The first-order valence-corrected chi connectivity index (χ1v) is 7.37. The van der Waals surface area contributed by atoms with Crippen molar-refractivity contribution < 1.29 is 4.79 Å². The fourth-order valence-electron chi connectivity index (χ4n) is 1.40. The van der Waals surface area contributed by atoms with Crippen LogP contribution in [0, 0.1) is 12.8 Å². The molecule has 0 saturated carbocycles. The van der Waals surface area contributed by atoms with Crippen molar-refractivity contribution in [1.29, 1.82) is 0 Å². The van der Waals surface area contributed by atoms with Crippen LogP contribution >= 0.6 is 11.8 Å². The Labute approximate surface area is 118 Å². The summed E-state index contributed by atoms with van der Waals surface area (Å²) in [6.45, 7) is 12.4. The molecule has 1 heterocycles. The average molecular weight is 282 g/mol. The molecule has 1 unspecified atom stereocenters. The molecule has 0 radical (unpaired) electrons. The van der Waals surface area contributed by atoms with Crippen LogP contribution in [0.25, 0.3) is 0 Å². The lowest BCUT2D eigenvalue weighted by Crippen LogP contribution is -2.37. The van der Waals surface area contributed by atoms with Crippen LogP contribution in [0.1, 0.15) is 26.6 Å². The zero-order valence-corrected chi connectivity index (χ0v) is 12.8. The van der Waals surface area contributed by atoms with Gasteiger partial charge >= 0.3 is 0 Å². The van der Waals surface area contributed by atoms with E-state index in [-0.39, 0.29) is 11.9 Å². The molecule has 0 fully saturated rings. The summed E-state index contributed by atoms with van der Waals surface area (Å²) in [5.74, 6) is 1.64. The van der Waals surface area contributed by atoms with Crippen LogP contribution < -0.4 is 5.32 Å². The van der Waals surface area contributed by atoms with Crippen LogP contribution in [-0.2, 0) is 11.3 Å². The van der Waals surface area contributed by atoms with Crippen molar-refractivity contribution in [1.82, 2.24) is 20.1 Å². The smallest absolute Gasteiger partial charge is 0.230 e. The fraction of sp³-hybridized carbons (Fsp3) is 0.615. The molecule has 106 valence electrons. The molecule has 1 aromatic rings. The van der Waals surface area contributed by atoms with Crippen molar-refractivity contribution in [3.8, 4) is 0 Å². The Kier molecular flexibility index (Phi) is 6.08. The van der Waals surface area contributed by atoms with E-state index in [1.54, 1.807) is 6.08 Å². The molecule has 1 atom stereocenters. The van der Waals surface area contributed by atoms with Gasteiger partial charge in [0.1, 0.15) is 5.82 Å². The number of nitrogens with zero attached hydrogens (tertiary/aromatic N) is 3. The van der Waals surface area contributed by atoms with E-state index in [0.717, 1.165) is 11.0 Å². The molecule has 1 rings (SSSR count). The topological polar surface area (TPSA) is 59.8 Å². The van der Waals surface area contributed by atoms with E-state index >= 15 is 0 Å². The number of rotatable bonds is 7. The van der Waals surface area contributed by atoms with Gasteiger partial charge in [-0.3, -0.25) is 4.79 Å². The average Bonchev–Trinajstić information content (AvgIpc) is 2.69. The van der Waals surface area contributed by atoms with Crippen molar-refractivity contribution in [3.05, 3.63) is 18.5 Å². The largest absolute Gasteiger partial charge is 0.353 e. The van der Waals surface area contributed by atoms with E-state index in [4.69, 9.17) is 0 Å². The van der Waals surface area contributed by atoms with E-state index < -0.39 is 0 Å². The third kappa shape index (κ3) is 4.70. The van der Waals surface area contributed by atoms with Crippen LogP contribution in [0.3, 0.4) is 0 Å². The molecular weight excluding hydrogens is 260 g/mol. The molecule has 5 nitrogen and oxygen atoms in total. The summed E-state index contributed by atoms with van der Waals surface area (Å²) in [5.41, 5.74) is 0. The molecule has 1 amide bonds. The number of nitrogens with one attached hydrogen (secondary N) is 1. The van der Waals surface area contributed by atoms with E-state index in [1.807, 2.05) is 18.4 Å². The quantitative estimate of drug-likeness (QED) is 0.614. The molecule has 0 aliphatic carbocycles. The van der Waals surface area contributed by atoms with E-state index in [9.17, 15) is 4.79 Å². The lowest BCUT2D eigenvalue weighted by molar-refractivity contribution is -0.119. The van der Waals surface area contributed by atoms with Crippen molar-refractivity contribution in [2.45, 2.75) is 45.4 Å². The van der Waals surface area contributed by atoms with Crippen LogP contribution in [0.15, 0.2) is 17.8 Å². The summed E-state index contributed by atoms with van der Waals surface area (Å²) in [6.07, 6.45) is 1.79. The number of aromatic nitrogens is 3. The van der Waals surface area contributed by atoms with Crippen molar-refractivity contribution in [3.63, 3.8) is 0 Å². The predicted octanol–water partition coefficient (Wildman–Crippen LogP) is 2.03. The van der Waals surface area contributed by atoms with Gasteiger partial charge in [0.25, 0.3) is 0 Å². The normalized spacial score (nSPS) is 12.5. The number of carbonyl (C=O) groups is 1. The Bertz CT molecular complexity index is 442. The summed E-state index contributed by atoms with van der Waals surface area (Å²) >= 11 is 1.40. The number of allylic oxidation sites excluding steroid dienone is 1. The lowest BCUT2D eigenvalue weighted by Gasteiger charge is -2.17. The van der Waals surface area contributed by atoms with Gasteiger partial charge in [0.15, 0.2) is 5.16 Å². The Morgan fingerprint density at radius 3 is 2.74 bits per heavy atom. The molecule has 1 N–H and O–H groups in total. The first-order chi connectivity index (χ1) is 8.95. The van der Waals surface area contributed by atoms with Crippen LogP contribution in [0.5, 0.6) is 0 Å². The van der Waals surface area contributed by atoms with Gasteiger partial charge in [0.2, 0.25) is 5.91 Å². The minimum atomic E-state index is 0.0250. The summed E-state index contributed by atoms with van der Waals surface area (Å²) in [4.78, 5) is 11.8. The third-order valence-corrected chi connectivity index (χ3v) is 3.90. The number of thioether (sulfide) groups is 1. The monoisotopic (exact) mass is 282 g/mol. The number of aryl methyl sites for hydroxylation is 1. The zero-order chi connectivity index (χ0) is 14.4. The first-order valence-electron chi connectivity index (χ1n) is 6.38. The summed E-state index contributed by atoms with van der Waals surface area (Å²) in [5, 5.41) is 11.8. The maximum absolute atomic E-state index is 11.8. The van der Waals surface area contributed by atoms with Crippen molar-refractivity contribution in [2.75, 3.05) is 5.75 Å². The van der Waals surface area contributed by atoms with Crippen molar-refractivity contribution in [2.24, 2.45) is 5.92 Å². The fourth-order valence-corrected chi connectivity index (χ4v) is 2.20.